The van der Waals surface area contributed by atoms with E-state index in [1.54, 1.807) is 0 Å². The number of amidine groups is 1. The molecule has 2 atom stereocenters. The second-order valence-corrected chi connectivity index (χ2v) is 10.3. The van der Waals surface area contributed by atoms with Crippen molar-refractivity contribution in [2.45, 2.75) is 12.3 Å². The Labute approximate surface area is 175 Å². The number of likely N-dealkylation sites (N-methyl/N-ethyl adjacent to an activating group) is 1. The van der Waals surface area contributed by atoms with Gasteiger partial charge >= 0.3 is 0 Å². The lowest BCUT2D eigenvalue weighted by molar-refractivity contribution is -0.928. The van der Waals surface area contributed by atoms with Crippen molar-refractivity contribution in [2.24, 2.45) is 10.9 Å². The Morgan fingerprint density at radius 2 is 2.03 bits per heavy atom. The zero-order chi connectivity index (χ0) is 19.9. The highest BCUT2D eigenvalue weighted by molar-refractivity contribution is 8.04. The summed E-state index contributed by atoms with van der Waals surface area (Å²) in [5.74, 6) is 1.21. The van der Waals surface area contributed by atoms with E-state index < -0.39 is 7.82 Å². The lowest BCUT2D eigenvalue weighted by Crippen LogP contribution is -2.60. The molecular formula is C18H28N5O4PS. The molecule has 11 heteroatoms. The number of phosphoric acid groups is 1. The van der Waals surface area contributed by atoms with Gasteiger partial charge in [-0.3, -0.25) is 0 Å². The quantitative estimate of drug-likeness (QED) is 0.538. The Hall–Kier alpha value is -1.39. The smallest absolute Gasteiger partial charge is 0.187 e. The molecule has 0 aliphatic carbocycles. The van der Waals surface area contributed by atoms with Crippen molar-refractivity contribution in [3.8, 4) is 0 Å². The number of allylic oxidation sites excluding steroid dienone is 1. The molecule has 2 unspecified atom stereocenters. The summed E-state index contributed by atoms with van der Waals surface area (Å²) in [6.07, 6.45) is 2.27. The number of benzene rings is 1. The second kappa shape index (κ2) is 8.39. The summed E-state index contributed by atoms with van der Waals surface area (Å²) < 4.78 is 15.8. The molecule has 0 aromatic heterocycles. The van der Waals surface area contributed by atoms with Gasteiger partial charge in [0, 0.05) is 0 Å². The Morgan fingerprint density at radius 3 is 2.72 bits per heavy atom. The molecule has 0 saturated carbocycles. The van der Waals surface area contributed by atoms with E-state index in [4.69, 9.17) is 4.99 Å². The zero-order valence-electron chi connectivity index (χ0n) is 16.9. The number of thioether (sulfide) groups is 1. The first kappa shape index (κ1) is 22.3. The standard InChI is InChI=1S/C18H25N4O4PS.H3N/c1-13-11-14-17(19-15-5-3-4-6-16(15)20-18(14)28-13)21-7-9-22(2,10-8-21)12-26-27(23,24)25;/h3-6,11,14,18,20H,7-10,12H2,1-2H3,(H-,23,24,25);1H3. The number of phosphoric ester groups is 1. The molecule has 4 rings (SSSR count). The van der Waals surface area contributed by atoms with Crippen molar-refractivity contribution in [1.82, 2.24) is 11.1 Å². The number of piperazine rings is 1. The summed E-state index contributed by atoms with van der Waals surface area (Å²) in [5.41, 5.74) is 1.97. The number of hydrogen-bond donors (Lipinski definition) is 2. The van der Waals surface area contributed by atoms with Crippen LogP contribution in [0.4, 0.5) is 11.4 Å². The largest absolute Gasteiger partial charge is 0.790 e. The summed E-state index contributed by atoms with van der Waals surface area (Å²) in [4.78, 5) is 30.2. The van der Waals surface area contributed by atoms with Crippen LogP contribution in [0.5, 0.6) is 0 Å². The molecule has 5 N–H and O–H groups in total. The summed E-state index contributed by atoms with van der Waals surface area (Å²) in [5, 5.41) is 3.83. The van der Waals surface area contributed by atoms with Crippen molar-refractivity contribution in [2.75, 3.05) is 45.3 Å². The molecule has 0 spiro atoms. The van der Waals surface area contributed by atoms with E-state index in [2.05, 4.69) is 33.8 Å². The Bertz CT molecular complexity index is 866. The van der Waals surface area contributed by atoms with Crippen LogP contribution in [-0.2, 0) is 9.09 Å². The third-order valence-electron chi connectivity index (χ3n) is 5.46. The maximum absolute atomic E-state index is 10.8. The van der Waals surface area contributed by atoms with E-state index >= 15 is 0 Å². The van der Waals surface area contributed by atoms with E-state index in [0.717, 1.165) is 30.3 Å². The van der Waals surface area contributed by atoms with Crippen molar-refractivity contribution < 1.29 is 23.4 Å². The van der Waals surface area contributed by atoms with Crippen molar-refractivity contribution in [3.63, 3.8) is 0 Å². The minimum atomic E-state index is -4.95. The number of aliphatic imine (C=N–C) groups is 1. The van der Waals surface area contributed by atoms with Crippen LogP contribution in [-0.4, -0.2) is 60.5 Å². The SMILES string of the molecule is CC1=CC2C(N3CC[N+](C)(COP(=O)([O-])[O-])CC3)=Nc3ccccc3NC2S1.[NH4+]. The molecule has 1 aromatic carbocycles. The summed E-state index contributed by atoms with van der Waals surface area (Å²) in [7, 11) is -3.04. The number of quaternary nitrogens is 2. The molecular weight excluding hydrogens is 413 g/mol. The third kappa shape index (κ3) is 5.03. The van der Waals surface area contributed by atoms with Gasteiger partial charge in [0.15, 0.2) is 6.73 Å². The second-order valence-electron chi connectivity index (χ2n) is 7.73. The number of hydrogen-bond acceptors (Lipinski definition) is 8. The number of rotatable bonds is 3. The van der Waals surface area contributed by atoms with Gasteiger partial charge in [0.25, 0.3) is 0 Å². The van der Waals surface area contributed by atoms with Gasteiger partial charge in [0.1, 0.15) is 5.84 Å². The van der Waals surface area contributed by atoms with Crippen LogP contribution in [0.15, 0.2) is 40.2 Å². The van der Waals surface area contributed by atoms with Gasteiger partial charge in [0.2, 0.25) is 0 Å². The van der Waals surface area contributed by atoms with Gasteiger partial charge < -0.3 is 39.7 Å². The predicted octanol–water partition coefficient (Wildman–Crippen LogP) is 1.68. The lowest BCUT2D eigenvalue weighted by atomic mass is 10.1. The van der Waals surface area contributed by atoms with E-state index in [9.17, 15) is 14.4 Å². The summed E-state index contributed by atoms with van der Waals surface area (Å²) >= 11 is 1.82. The van der Waals surface area contributed by atoms with Crippen LogP contribution < -0.4 is 21.3 Å². The van der Waals surface area contributed by atoms with Crippen LogP contribution in [0.1, 0.15) is 6.92 Å². The summed E-state index contributed by atoms with van der Waals surface area (Å²) in [6.45, 7) is 4.82. The minimum absolute atomic E-state index is 0. The monoisotopic (exact) mass is 441 g/mol. The fraction of sp³-hybridized carbons (Fsp3) is 0.500. The fourth-order valence-corrected chi connectivity index (χ4v) is 5.40. The minimum Gasteiger partial charge on any atom is -0.790 e. The molecule has 3 heterocycles. The molecule has 0 radical (unpaired) electrons. The van der Waals surface area contributed by atoms with Crippen LogP contribution >= 0.6 is 19.6 Å². The average Bonchev–Trinajstić information content (AvgIpc) is 2.92. The molecule has 3 aliphatic heterocycles. The zero-order valence-corrected chi connectivity index (χ0v) is 18.6. The van der Waals surface area contributed by atoms with Gasteiger partial charge in [-0.05, 0) is 24.0 Å². The fourth-order valence-electron chi connectivity index (χ4n) is 3.82. The van der Waals surface area contributed by atoms with Crippen LogP contribution in [0.3, 0.4) is 0 Å². The molecule has 29 heavy (non-hydrogen) atoms. The van der Waals surface area contributed by atoms with Gasteiger partial charge in [0.05, 0.1) is 63.7 Å². The molecule has 160 valence electrons. The van der Waals surface area contributed by atoms with Crippen molar-refractivity contribution in [1.29, 1.82) is 0 Å². The van der Waals surface area contributed by atoms with E-state index in [0.29, 0.717) is 17.6 Å². The number of fused-ring (bicyclic) bond motifs is 2. The number of anilines is 1. The number of nitrogens with zero attached hydrogens (tertiary/aromatic N) is 3. The molecule has 9 nitrogen and oxygen atoms in total. The van der Waals surface area contributed by atoms with E-state index in [-0.39, 0.29) is 24.2 Å². The van der Waals surface area contributed by atoms with Crippen molar-refractivity contribution in [3.05, 3.63) is 35.2 Å². The van der Waals surface area contributed by atoms with Gasteiger partial charge in [-0.15, -0.1) is 11.8 Å². The molecule has 1 saturated heterocycles. The molecule has 1 aromatic rings. The average molecular weight is 441 g/mol. The highest BCUT2D eigenvalue weighted by atomic mass is 32.2. The Morgan fingerprint density at radius 1 is 1.34 bits per heavy atom. The maximum Gasteiger partial charge on any atom is 0.187 e. The highest BCUT2D eigenvalue weighted by Gasteiger charge is 2.39. The van der Waals surface area contributed by atoms with Gasteiger partial charge in [-0.2, -0.15) is 0 Å². The van der Waals surface area contributed by atoms with E-state index in [1.807, 2.05) is 37.0 Å². The molecule has 0 bridgehead atoms. The molecule has 0 amide bonds. The Kier molecular flexibility index (Phi) is 6.45. The molecule has 1 fully saturated rings. The van der Waals surface area contributed by atoms with Gasteiger partial charge in [-0.25, -0.2) is 4.99 Å². The topological polar surface area (TPSA) is 137 Å². The molecule has 3 aliphatic rings. The first-order valence-corrected chi connectivity index (χ1v) is 11.6. The van der Waals surface area contributed by atoms with E-state index in [1.165, 1.54) is 4.91 Å². The van der Waals surface area contributed by atoms with Crippen LogP contribution in [0.2, 0.25) is 0 Å². The lowest BCUT2D eigenvalue weighted by Gasteiger charge is -2.44. The first-order chi connectivity index (χ1) is 13.2. The van der Waals surface area contributed by atoms with Crippen LogP contribution in [0.25, 0.3) is 0 Å². The first-order valence-electron chi connectivity index (χ1n) is 9.27. The third-order valence-corrected chi connectivity index (χ3v) is 7.06. The normalized spacial score (nSPS) is 25.6. The Balaban J connectivity index is 0.00000240. The van der Waals surface area contributed by atoms with Crippen LogP contribution in [0, 0.1) is 5.92 Å². The predicted molar refractivity (Wildman–Crippen MR) is 113 cm³/mol. The maximum atomic E-state index is 10.8. The number of nitrogens with one attached hydrogen (secondary N) is 1. The van der Waals surface area contributed by atoms with Gasteiger partial charge in [-0.1, -0.05) is 18.2 Å². The van der Waals surface area contributed by atoms with Crippen molar-refractivity contribution >= 4 is 36.8 Å². The summed E-state index contributed by atoms with van der Waals surface area (Å²) in [6, 6.07) is 8.07. The highest BCUT2D eigenvalue weighted by Crippen LogP contribution is 2.42. The number of para-hydroxylation sites is 2.